The van der Waals surface area contributed by atoms with Gasteiger partial charge in [-0.1, -0.05) is 6.07 Å². The van der Waals surface area contributed by atoms with Gasteiger partial charge in [0.25, 0.3) is 11.8 Å². The number of nitrogens with zero attached hydrogens (tertiary/aromatic N) is 3. The molecule has 7 heteroatoms. The molecule has 2 amide bonds. The number of pyridine rings is 3. The molecule has 3 rings (SSSR count). The van der Waals surface area contributed by atoms with Gasteiger partial charge in [0.15, 0.2) is 0 Å². The van der Waals surface area contributed by atoms with E-state index in [-0.39, 0.29) is 23.2 Å². The van der Waals surface area contributed by atoms with Crippen LogP contribution in [0.5, 0.6) is 0 Å². The largest absolute Gasteiger partial charge is 0.320 e. The molecule has 0 saturated heterocycles. The Kier molecular flexibility index (Phi) is 5.44. The van der Waals surface area contributed by atoms with Crippen LogP contribution < -0.4 is 10.6 Å². The van der Waals surface area contributed by atoms with Crippen LogP contribution in [0.2, 0.25) is 0 Å². The van der Waals surface area contributed by atoms with E-state index in [1.807, 2.05) is 27.7 Å². The first-order valence-electron chi connectivity index (χ1n) is 8.79. The molecule has 142 valence electrons. The lowest BCUT2D eigenvalue weighted by Gasteiger charge is -2.12. The number of nitrogens with one attached hydrogen (secondary N) is 2. The first-order chi connectivity index (χ1) is 13.4. The van der Waals surface area contributed by atoms with Gasteiger partial charge in [-0.15, -0.1) is 0 Å². The van der Waals surface area contributed by atoms with Crippen molar-refractivity contribution in [2.45, 2.75) is 27.7 Å². The summed E-state index contributed by atoms with van der Waals surface area (Å²) in [6.45, 7) is 7.47. The Bertz CT molecular complexity index is 941. The van der Waals surface area contributed by atoms with Crippen molar-refractivity contribution in [3.8, 4) is 0 Å². The van der Waals surface area contributed by atoms with E-state index in [4.69, 9.17) is 0 Å². The summed E-state index contributed by atoms with van der Waals surface area (Å²) in [5.74, 6) is -0.772. The number of carbonyl (C=O) groups excluding carboxylic acids is 2. The van der Waals surface area contributed by atoms with Gasteiger partial charge in [0.2, 0.25) is 0 Å². The molecule has 3 aromatic rings. The lowest BCUT2D eigenvalue weighted by Crippen LogP contribution is -2.20. The number of rotatable bonds is 4. The second-order valence-corrected chi connectivity index (χ2v) is 6.61. The molecule has 3 heterocycles. The zero-order valence-electron chi connectivity index (χ0n) is 16.2. The maximum Gasteiger partial charge on any atom is 0.274 e. The Morgan fingerprint density at radius 2 is 1.04 bits per heavy atom. The summed E-state index contributed by atoms with van der Waals surface area (Å²) in [5, 5.41) is 5.69. The smallest absolute Gasteiger partial charge is 0.274 e. The Hall–Kier alpha value is -3.61. The van der Waals surface area contributed by atoms with Gasteiger partial charge in [-0.3, -0.25) is 19.6 Å². The minimum atomic E-state index is -0.386. The van der Waals surface area contributed by atoms with Crippen LogP contribution in [0, 0.1) is 27.7 Å². The van der Waals surface area contributed by atoms with Gasteiger partial charge < -0.3 is 10.6 Å². The summed E-state index contributed by atoms with van der Waals surface area (Å²) < 4.78 is 0. The van der Waals surface area contributed by atoms with E-state index in [1.54, 1.807) is 43.0 Å². The fraction of sp³-hybridized carbons (Fsp3) is 0.190. The zero-order chi connectivity index (χ0) is 20.3. The van der Waals surface area contributed by atoms with Crippen LogP contribution in [0.3, 0.4) is 0 Å². The summed E-state index contributed by atoms with van der Waals surface area (Å²) in [6.07, 6.45) is 6.72. The average molecular weight is 375 g/mol. The number of amides is 2. The van der Waals surface area contributed by atoms with E-state index >= 15 is 0 Å². The predicted octanol–water partition coefficient (Wildman–Crippen LogP) is 3.61. The summed E-state index contributed by atoms with van der Waals surface area (Å²) >= 11 is 0. The summed E-state index contributed by atoms with van der Waals surface area (Å²) in [5.41, 5.74) is 5.12. The molecule has 28 heavy (non-hydrogen) atoms. The van der Waals surface area contributed by atoms with Gasteiger partial charge in [-0.2, -0.15) is 0 Å². The Morgan fingerprint density at radius 3 is 1.39 bits per heavy atom. The molecular weight excluding hydrogens is 354 g/mol. The van der Waals surface area contributed by atoms with Gasteiger partial charge in [0.05, 0.1) is 0 Å². The Morgan fingerprint density at radius 1 is 0.679 bits per heavy atom. The number of aryl methyl sites for hydroxylation is 4. The van der Waals surface area contributed by atoms with E-state index in [0.29, 0.717) is 11.4 Å². The van der Waals surface area contributed by atoms with Gasteiger partial charge in [0.1, 0.15) is 11.4 Å². The predicted molar refractivity (Wildman–Crippen MR) is 108 cm³/mol. The quantitative estimate of drug-likeness (QED) is 0.726. The molecule has 3 aromatic heterocycles. The number of hydrogen-bond acceptors (Lipinski definition) is 5. The normalized spacial score (nSPS) is 10.4. The third-order valence-corrected chi connectivity index (χ3v) is 4.34. The minimum absolute atomic E-state index is 0.159. The van der Waals surface area contributed by atoms with Gasteiger partial charge in [0, 0.05) is 36.2 Å². The van der Waals surface area contributed by atoms with Crippen LogP contribution >= 0.6 is 0 Å². The molecule has 7 nitrogen and oxygen atoms in total. The SMILES string of the molecule is Cc1cncc(C)c1NC(=O)c1cccc(C(=O)Nc2c(C)cncc2C)n1. The van der Waals surface area contributed by atoms with E-state index in [2.05, 4.69) is 25.6 Å². The van der Waals surface area contributed by atoms with E-state index in [0.717, 1.165) is 22.3 Å². The topological polar surface area (TPSA) is 96.9 Å². The van der Waals surface area contributed by atoms with Crippen LogP contribution in [0.15, 0.2) is 43.0 Å². The van der Waals surface area contributed by atoms with Crippen molar-refractivity contribution in [3.63, 3.8) is 0 Å². The maximum absolute atomic E-state index is 12.6. The highest BCUT2D eigenvalue weighted by Gasteiger charge is 2.15. The molecule has 0 aliphatic rings. The maximum atomic E-state index is 12.6. The zero-order valence-corrected chi connectivity index (χ0v) is 16.2. The minimum Gasteiger partial charge on any atom is -0.320 e. The van der Waals surface area contributed by atoms with Crippen molar-refractivity contribution >= 4 is 23.2 Å². The molecular formula is C21H21N5O2. The monoisotopic (exact) mass is 375 g/mol. The summed E-state index contributed by atoms with van der Waals surface area (Å²) in [6, 6.07) is 4.77. The highest BCUT2D eigenvalue weighted by Crippen LogP contribution is 2.20. The van der Waals surface area contributed by atoms with Gasteiger partial charge >= 0.3 is 0 Å². The third kappa shape index (κ3) is 4.03. The highest BCUT2D eigenvalue weighted by molar-refractivity contribution is 6.06. The molecule has 0 unspecified atom stereocenters. The van der Waals surface area contributed by atoms with Crippen molar-refractivity contribution in [2.75, 3.05) is 10.6 Å². The second kappa shape index (κ2) is 7.96. The molecule has 0 fully saturated rings. The fourth-order valence-electron chi connectivity index (χ4n) is 2.84. The van der Waals surface area contributed by atoms with Crippen LogP contribution in [0.4, 0.5) is 11.4 Å². The van der Waals surface area contributed by atoms with Crippen molar-refractivity contribution < 1.29 is 9.59 Å². The molecule has 0 aromatic carbocycles. The molecule has 0 aliphatic heterocycles. The first-order valence-corrected chi connectivity index (χ1v) is 8.79. The molecule has 0 radical (unpaired) electrons. The molecule has 0 spiro atoms. The van der Waals surface area contributed by atoms with Crippen molar-refractivity contribution in [1.29, 1.82) is 0 Å². The number of carbonyl (C=O) groups is 2. The molecule has 2 N–H and O–H groups in total. The van der Waals surface area contributed by atoms with E-state index < -0.39 is 0 Å². The molecule has 0 atom stereocenters. The highest BCUT2D eigenvalue weighted by atomic mass is 16.2. The third-order valence-electron chi connectivity index (χ3n) is 4.34. The summed E-state index contributed by atoms with van der Waals surface area (Å²) in [4.78, 5) is 37.7. The summed E-state index contributed by atoms with van der Waals surface area (Å²) in [7, 11) is 0. The number of hydrogen-bond donors (Lipinski definition) is 2. The Balaban J connectivity index is 1.82. The number of anilines is 2. The molecule has 0 aliphatic carbocycles. The van der Waals surface area contributed by atoms with Crippen molar-refractivity contribution in [1.82, 2.24) is 15.0 Å². The van der Waals surface area contributed by atoms with Crippen LogP contribution in [0.1, 0.15) is 43.2 Å². The van der Waals surface area contributed by atoms with Crippen LogP contribution in [-0.2, 0) is 0 Å². The van der Waals surface area contributed by atoms with Gasteiger partial charge in [-0.25, -0.2) is 4.98 Å². The van der Waals surface area contributed by atoms with Crippen LogP contribution in [0.25, 0.3) is 0 Å². The van der Waals surface area contributed by atoms with Gasteiger partial charge in [-0.05, 0) is 62.1 Å². The molecule has 0 bridgehead atoms. The lowest BCUT2D eigenvalue weighted by molar-refractivity contribution is 0.101. The van der Waals surface area contributed by atoms with E-state index in [1.165, 1.54) is 0 Å². The first kappa shape index (κ1) is 19.2. The second-order valence-electron chi connectivity index (χ2n) is 6.61. The Labute approximate surface area is 163 Å². The number of aromatic nitrogens is 3. The fourth-order valence-corrected chi connectivity index (χ4v) is 2.84. The van der Waals surface area contributed by atoms with Crippen molar-refractivity contribution in [2.24, 2.45) is 0 Å². The van der Waals surface area contributed by atoms with E-state index in [9.17, 15) is 9.59 Å². The van der Waals surface area contributed by atoms with Crippen molar-refractivity contribution in [3.05, 3.63) is 76.6 Å². The average Bonchev–Trinajstić information content (AvgIpc) is 2.67. The lowest BCUT2D eigenvalue weighted by atomic mass is 10.1. The molecule has 0 saturated carbocycles. The standard InChI is InChI=1S/C21H21N5O2/c1-12-8-22-9-13(2)18(12)25-20(27)16-6-5-7-17(24-16)21(28)26-19-14(3)10-23-11-15(19)4/h5-11H,1-4H3,(H,22,25,27)(H,23,26,28). The van der Waals surface area contributed by atoms with Crippen LogP contribution in [-0.4, -0.2) is 26.8 Å².